The first-order valence-electron chi connectivity index (χ1n) is 7.97. The number of ether oxygens (including phenoxy) is 1. The number of hydrogen-bond acceptors (Lipinski definition) is 3. The maximum Gasteiger partial charge on any atom is 0.262 e. The van der Waals surface area contributed by atoms with Crippen LogP contribution in [-0.4, -0.2) is 30.4 Å². The van der Waals surface area contributed by atoms with Gasteiger partial charge in [0.05, 0.1) is 5.69 Å². The minimum atomic E-state index is -0.212. The monoisotopic (exact) mass is 324 g/mol. The third-order valence-electron chi connectivity index (χ3n) is 4.06. The fourth-order valence-corrected chi connectivity index (χ4v) is 2.66. The first-order chi connectivity index (χ1) is 11.6. The lowest BCUT2D eigenvalue weighted by Gasteiger charge is -2.21. The largest absolute Gasteiger partial charge is 0.482 e. The summed E-state index contributed by atoms with van der Waals surface area (Å²) in [6, 6.07) is 13.3. The molecule has 0 bridgehead atoms. The Hall–Kier alpha value is -2.82. The Morgan fingerprint density at radius 3 is 2.58 bits per heavy atom. The molecule has 0 aliphatic carbocycles. The van der Waals surface area contributed by atoms with Gasteiger partial charge in [0.25, 0.3) is 11.8 Å². The molecule has 0 unspecified atom stereocenters. The molecule has 0 atom stereocenters. The number of fused-ring (bicyclic) bond motifs is 1. The summed E-state index contributed by atoms with van der Waals surface area (Å²) >= 11 is 0. The van der Waals surface area contributed by atoms with Crippen molar-refractivity contribution in [2.75, 3.05) is 19.0 Å². The third-order valence-corrected chi connectivity index (χ3v) is 4.06. The van der Waals surface area contributed by atoms with Crippen LogP contribution in [0.3, 0.4) is 0 Å². The van der Waals surface area contributed by atoms with Crippen LogP contribution in [0.5, 0.6) is 5.75 Å². The van der Waals surface area contributed by atoms with Crippen molar-refractivity contribution in [2.45, 2.75) is 19.9 Å². The fourth-order valence-electron chi connectivity index (χ4n) is 2.66. The average Bonchev–Trinajstić information content (AvgIpc) is 2.61. The average molecular weight is 324 g/mol. The van der Waals surface area contributed by atoms with Crippen LogP contribution in [0.2, 0.25) is 0 Å². The normalized spacial score (nSPS) is 12.8. The van der Waals surface area contributed by atoms with Gasteiger partial charge in [-0.1, -0.05) is 31.2 Å². The van der Waals surface area contributed by atoms with Crippen molar-refractivity contribution in [3.63, 3.8) is 0 Å². The van der Waals surface area contributed by atoms with Crippen molar-refractivity contribution in [1.29, 1.82) is 0 Å². The van der Waals surface area contributed by atoms with Crippen LogP contribution < -0.4 is 10.1 Å². The first kappa shape index (κ1) is 16.1. The zero-order valence-electron chi connectivity index (χ0n) is 13.8. The quantitative estimate of drug-likeness (QED) is 0.941. The second-order valence-corrected chi connectivity index (χ2v) is 5.88. The molecule has 0 spiro atoms. The van der Waals surface area contributed by atoms with Crippen molar-refractivity contribution in [3.8, 4) is 5.75 Å². The topological polar surface area (TPSA) is 58.6 Å². The molecule has 124 valence electrons. The van der Waals surface area contributed by atoms with Crippen molar-refractivity contribution in [3.05, 3.63) is 59.2 Å². The summed E-state index contributed by atoms with van der Waals surface area (Å²) in [4.78, 5) is 25.7. The van der Waals surface area contributed by atoms with E-state index in [1.165, 1.54) is 5.56 Å². The number of nitrogens with one attached hydrogen (secondary N) is 1. The molecule has 0 saturated carbocycles. The molecule has 0 saturated heterocycles. The van der Waals surface area contributed by atoms with Crippen LogP contribution in [0.15, 0.2) is 42.5 Å². The molecule has 2 aromatic rings. The highest BCUT2D eigenvalue weighted by Gasteiger charge is 2.19. The van der Waals surface area contributed by atoms with Crippen molar-refractivity contribution >= 4 is 17.5 Å². The van der Waals surface area contributed by atoms with Gasteiger partial charge in [0.15, 0.2) is 6.61 Å². The van der Waals surface area contributed by atoms with E-state index in [-0.39, 0.29) is 18.4 Å². The lowest BCUT2D eigenvalue weighted by atomic mass is 10.1. The second-order valence-electron chi connectivity index (χ2n) is 5.88. The molecule has 1 N–H and O–H groups in total. The lowest BCUT2D eigenvalue weighted by Crippen LogP contribution is -2.28. The van der Waals surface area contributed by atoms with Crippen molar-refractivity contribution in [1.82, 2.24) is 4.90 Å². The summed E-state index contributed by atoms with van der Waals surface area (Å²) in [6.45, 7) is 2.65. The van der Waals surface area contributed by atoms with Gasteiger partial charge in [-0.05, 0) is 35.7 Å². The predicted octanol–water partition coefficient (Wildman–Crippen LogP) is 2.85. The second kappa shape index (κ2) is 6.74. The number of amides is 2. The van der Waals surface area contributed by atoms with Gasteiger partial charge >= 0.3 is 0 Å². The molecule has 2 amide bonds. The molecule has 24 heavy (non-hydrogen) atoms. The molecule has 0 fully saturated rings. The van der Waals surface area contributed by atoms with E-state index in [1.54, 1.807) is 30.1 Å². The minimum Gasteiger partial charge on any atom is -0.482 e. The molecule has 5 nitrogen and oxygen atoms in total. The maximum atomic E-state index is 12.6. The van der Waals surface area contributed by atoms with E-state index in [0.29, 0.717) is 23.5 Å². The molecule has 0 aromatic heterocycles. The van der Waals surface area contributed by atoms with E-state index in [2.05, 4.69) is 24.4 Å². The Labute approximate surface area is 141 Å². The van der Waals surface area contributed by atoms with E-state index in [4.69, 9.17) is 4.74 Å². The number of anilines is 1. The standard InChI is InChI=1S/C19H20N2O3/c1-3-13-4-6-14(7-5-13)11-21(2)19(23)15-8-9-17-16(10-15)20-18(22)12-24-17/h4-10H,3,11-12H2,1-2H3,(H,20,22). The van der Waals surface area contributed by atoms with E-state index >= 15 is 0 Å². The van der Waals surface area contributed by atoms with Crippen LogP contribution in [0, 0.1) is 0 Å². The van der Waals surface area contributed by atoms with Crippen molar-refractivity contribution in [2.24, 2.45) is 0 Å². The number of carbonyl (C=O) groups excluding carboxylic acids is 2. The number of hydrogen-bond donors (Lipinski definition) is 1. The summed E-state index contributed by atoms with van der Waals surface area (Å²) in [5.41, 5.74) is 3.42. The number of benzene rings is 2. The van der Waals surface area contributed by atoms with E-state index in [9.17, 15) is 9.59 Å². The third kappa shape index (κ3) is 3.40. The van der Waals surface area contributed by atoms with Gasteiger partial charge in [0, 0.05) is 19.2 Å². The van der Waals surface area contributed by atoms with Gasteiger partial charge in [0.2, 0.25) is 0 Å². The molecular weight excluding hydrogens is 304 g/mol. The van der Waals surface area contributed by atoms with Crippen LogP contribution in [0.4, 0.5) is 5.69 Å². The summed E-state index contributed by atoms with van der Waals surface area (Å²) in [5, 5.41) is 2.72. The number of nitrogens with zero attached hydrogens (tertiary/aromatic N) is 1. The summed E-state index contributed by atoms with van der Waals surface area (Å²) in [5.74, 6) is 0.276. The smallest absolute Gasteiger partial charge is 0.262 e. The highest BCUT2D eigenvalue weighted by Crippen LogP contribution is 2.28. The summed E-state index contributed by atoms with van der Waals surface area (Å²) in [7, 11) is 1.77. The van der Waals surface area contributed by atoms with E-state index in [1.807, 2.05) is 12.1 Å². The summed E-state index contributed by atoms with van der Waals surface area (Å²) < 4.78 is 5.31. The maximum absolute atomic E-state index is 12.6. The number of carbonyl (C=O) groups is 2. The van der Waals surface area contributed by atoms with Gasteiger partial charge in [-0.15, -0.1) is 0 Å². The van der Waals surface area contributed by atoms with Crippen LogP contribution in [-0.2, 0) is 17.8 Å². The SMILES string of the molecule is CCc1ccc(CN(C)C(=O)c2ccc3c(c2)NC(=O)CO3)cc1. The minimum absolute atomic E-state index is 0.00789. The molecule has 2 aromatic carbocycles. The predicted molar refractivity (Wildman–Crippen MR) is 92.2 cm³/mol. The Bertz CT molecular complexity index is 769. The lowest BCUT2D eigenvalue weighted by molar-refractivity contribution is -0.118. The fraction of sp³-hybridized carbons (Fsp3) is 0.263. The van der Waals surface area contributed by atoms with Gasteiger partial charge in [-0.25, -0.2) is 0 Å². The number of rotatable bonds is 4. The highest BCUT2D eigenvalue weighted by atomic mass is 16.5. The molecule has 1 aliphatic heterocycles. The molecule has 0 radical (unpaired) electrons. The zero-order valence-corrected chi connectivity index (χ0v) is 13.8. The molecular formula is C19H20N2O3. The Morgan fingerprint density at radius 1 is 1.17 bits per heavy atom. The van der Waals surface area contributed by atoms with Crippen LogP contribution in [0.1, 0.15) is 28.4 Å². The van der Waals surface area contributed by atoms with Crippen LogP contribution >= 0.6 is 0 Å². The zero-order chi connectivity index (χ0) is 17.1. The summed E-state index contributed by atoms with van der Waals surface area (Å²) in [6.07, 6.45) is 0.998. The Kier molecular flexibility index (Phi) is 4.51. The van der Waals surface area contributed by atoms with E-state index < -0.39 is 0 Å². The van der Waals surface area contributed by atoms with Gasteiger partial charge in [-0.3, -0.25) is 9.59 Å². The van der Waals surface area contributed by atoms with Gasteiger partial charge < -0.3 is 15.0 Å². The number of aryl methyl sites for hydroxylation is 1. The highest BCUT2D eigenvalue weighted by molar-refractivity contribution is 5.99. The Balaban J connectivity index is 1.73. The molecule has 5 heteroatoms. The van der Waals surface area contributed by atoms with Crippen molar-refractivity contribution < 1.29 is 14.3 Å². The Morgan fingerprint density at radius 2 is 1.88 bits per heavy atom. The van der Waals surface area contributed by atoms with Gasteiger partial charge in [-0.2, -0.15) is 0 Å². The molecule has 3 rings (SSSR count). The van der Waals surface area contributed by atoms with Crippen LogP contribution in [0.25, 0.3) is 0 Å². The van der Waals surface area contributed by atoms with Gasteiger partial charge in [0.1, 0.15) is 5.75 Å². The first-order valence-corrected chi connectivity index (χ1v) is 7.97. The molecule has 1 heterocycles. The molecule has 1 aliphatic rings. The van der Waals surface area contributed by atoms with E-state index in [0.717, 1.165) is 12.0 Å².